The van der Waals surface area contributed by atoms with E-state index in [0.717, 1.165) is 17.0 Å². The van der Waals surface area contributed by atoms with Crippen molar-refractivity contribution in [2.24, 2.45) is 0 Å². The molecule has 0 bridgehead atoms. The number of nitriles is 1. The minimum absolute atomic E-state index is 0.0161. The average Bonchev–Trinajstić information content (AvgIpc) is 3.23. The zero-order valence-electron chi connectivity index (χ0n) is 17.4. The Morgan fingerprint density at radius 2 is 1.85 bits per heavy atom. The van der Waals surface area contributed by atoms with Crippen molar-refractivity contribution in [2.45, 2.75) is 24.6 Å². The molecule has 33 heavy (non-hydrogen) atoms. The number of carbonyl (C=O) groups is 2. The lowest BCUT2D eigenvalue weighted by molar-refractivity contribution is -0.137. The molecule has 1 aliphatic carbocycles. The van der Waals surface area contributed by atoms with E-state index >= 15 is 0 Å². The second-order valence-corrected chi connectivity index (χ2v) is 8.25. The van der Waals surface area contributed by atoms with Gasteiger partial charge in [-0.05, 0) is 53.7 Å². The van der Waals surface area contributed by atoms with Crippen LogP contribution in [0.15, 0.2) is 30.3 Å². The van der Waals surface area contributed by atoms with Gasteiger partial charge in [-0.15, -0.1) is 0 Å². The maximum atomic E-state index is 14.5. The topological polar surface area (TPSA) is 76.4 Å². The summed E-state index contributed by atoms with van der Waals surface area (Å²) in [4.78, 5) is 28.0. The van der Waals surface area contributed by atoms with Crippen LogP contribution in [-0.4, -0.2) is 41.5 Å². The summed E-state index contributed by atoms with van der Waals surface area (Å²) in [6, 6.07) is 7.03. The number of benzene rings is 2. The Balaban J connectivity index is 1.76. The van der Waals surface area contributed by atoms with Crippen molar-refractivity contribution in [3.8, 4) is 6.07 Å². The Bertz CT molecular complexity index is 1270. The molecule has 1 spiro atoms. The molecular weight excluding hydrogens is 460 g/mol. The van der Waals surface area contributed by atoms with Crippen LogP contribution in [0.4, 0.5) is 23.2 Å². The molecule has 2 aromatic carbocycles. The number of fused-ring (bicyclic) bond motifs is 1. The van der Waals surface area contributed by atoms with Crippen molar-refractivity contribution in [2.75, 3.05) is 19.0 Å². The first kappa shape index (κ1) is 22.7. The van der Waals surface area contributed by atoms with E-state index in [4.69, 9.17) is 17.5 Å². The van der Waals surface area contributed by atoms with Crippen molar-refractivity contribution in [1.29, 1.82) is 5.26 Å². The molecule has 1 fully saturated rings. The van der Waals surface area contributed by atoms with Gasteiger partial charge in [0.15, 0.2) is 5.11 Å². The van der Waals surface area contributed by atoms with Gasteiger partial charge < -0.3 is 10.2 Å². The van der Waals surface area contributed by atoms with Crippen LogP contribution in [0.1, 0.15) is 32.6 Å². The number of hydrogen-bond donors (Lipinski definition) is 1. The van der Waals surface area contributed by atoms with Crippen LogP contribution >= 0.6 is 12.2 Å². The number of rotatable bonds is 2. The Hall–Kier alpha value is -3.52. The number of likely N-dealkylation sites (N-methyl/N-ethyl adjacent to an activating group) is 1. The normalized spacial score (nSPS) is 19.8. The molecule has 2 aromatic rings. The summed E-state index contributed by atoms with van der Waals surface area (Å²) < 4.78 is 54.8. The van der Waals surface area contributed by atoms with Gasteiger partial charge in [-0.2, -0.15) is 18.4 Å². The second kappa shape index (κ2) is 7.52. The zero-order chi connectivity index (χ0) is 24.3. The van der Waals surface area contributed by atoms with Gasteiger partial charge in [-0.1, -0.05) is 0 Å². The Morgan fingerprint density at radius 1 is 1.21 bits per heavy atom. The number of amides is 2. The Morgan fingerprint density at radius 3 is 2.42 bits per heavy atom. The van der Waals surface area contributed by atoms with Crippen LogP contribution in [0.25, 0.3) is 0 Å². The van der Waals surface area contributed by atoms with Gasteiger partial charge in [0.25, 0.3) is 11.8 Å². The fourth-order valence-electron chi connectivity index (χ4n) is 4.38. The molecule has 1 aliphatic heterocycles. The zero-order valence-corrected chi connectivity index (χ0v) is 18.2. The lowest BCUT2D eigenvalue weighted by Gasteiger charge is -2.28. The molecule has 1 N–H and O–H groups in total. The van der Waals surface area contributed by atoms with Gasteiger partial charge >= 0.3 is 6.18 Å². The summed E-state index contributed by atoms with van der Waals surface area (Å²) in [7, 11) is 2.92. The number of anilines is 1. The van der Waals surface area contributed by atoms with Crippen molar-refractivity contribution < 1.29 is 27.2 Å². The van der Waals surface area contributed by atoms with Crippen molar-refractivity contribution in [1.82, 2.24) is 10.2 Å². The number of carbonyl (C=O) groups excluding carboxylic acids is 2. The van der Waals surface area contributed by atoms with E-state index in [-0.39, 0.29) is 29.2 Å². The third-order valence-electron chi connectivity index (χ3n) is 6.14. The van der Waals surface area contributed by atoms with Gasteiger partial charge in [0.2, 0.25) is 0 Å². The first-order chi connectivity index (χ1) is 15.4. The summed E-state index contributed by atoms with van der Waals surface area (Å²) in [6.07, 6.45) is -4.63. The molecule has 11 heteroatoms. The third kappa shape index (κ3) is 3.33. The number of alkyl halides is 3. The summed E-state index contributed by atoms with van der Waals surface area (Å²) in [5.74, 6) is -1.91. The lowest BCUT2D eigenvalue weighted by Crippen LogP contribution is -2.48. The summed E-state index contributed by atoms with van der Waals surface area (Å²) >= 11 is 5.40. The SMILES string of the molecule is CNC(=O)c1cc2c(cc1F)CC1(C2)C(=O)N(c2ccc(C#N)c(C(F)(F)F)c2)C(=S)N1C. The van der Waals surface area contributed by atoms with E-state index in [9.17, 15) is 27.2 Å². The summed E-state index contributed by atoms with van der Waals surface area (Å²) in [5, 5.41) is 11.4. The van der Waals surface area contributed by atoms with E-state index in [2.05, 4.69) is 5.32 Å². The predicted molar refractivity (Wildman–Crippen MR) is 114 cm³/mol. The van der Waals surface area contributed by atoms with Gasteiger partial charge in [0.1, 0.15) is 11.4 Å². The molecule has 0 aromatic heterocycles. The maximum Gasteiger partial charge on any atom is 0.417 e. The first-order valence-electron chi connectivity index (χ1n) is 9.71. The third-order valence-corrected chi connectivity index (χ3v) is 6.59. The molecule has 1 saturated heterocycles. The molecule has 0 radical (unpaired) electrons. The molecule has 1 heterocycles. The van der Waals surface area contributed by atoms with Crippen LogP contribution in [0.5, 0.6) is 0 Å². The number of hydrogen-bond acceptors (Lipinski definition) is 4. The minimum atomic E-state index is -4.80. The fraction of sp³-hybridized carbons (Fsp3) is 0.273. The van der Waals surface area contributed by atoms with Crippen LogP contribution in [0.3, 0.4) is 0 Å². The summed E-state index contributed by atoms with van der Waals surface area (Å²) in [6.45, 7) is 0. The standard InChI is InChI=1S/C22H16F4N4O2S/c1-28-18(31)15-5-12-8-21(9-13(12)6-17(15)23)19(32)30(20(33)29(21)2)14-4-3-11(10-27)16(7-14)22(24,25)26/h3-7H,8-9H2,1-2H3,(H,28,31). The largest absolute Gasteiger partial charge is 0.417 e. The highest BCUT2D eigenvalue weighted by Gasteiger charge is 2.57. The van der Waals surface area contributed by atoms with Gasteiger partial charge in [0.05, 0.1) is 28.4 Å². The van der Waals surface area contributed by atoms with Crippen molar-refractivity contribution in [3.05, 3.63) is 64.0 Å². The Labute approximate surface area is 191 Å². The van der Waals surface area contributed by atoms with E-state index in [1.54, 1.807) is 7.05 Å². The van der Waals surface area contributed by atoms with Crippen LogP contribution in [-0.2, 0) is 23.8 Å². The van der Waals surface area contributed by atoms with E-state index in [0.29, 0.717) is 11.1 Å². The highest BCUT2D eigenvalue weighted by Crippen LogP contribution is 2.43. The van der Waals surface area contributed by atoms with E-state index in [1.807, 2.05) is 0 Å². The molecule has 0 saturated carbocycles. The van der Waals surface area contributed by atoms with E-state index in [1.165, 1.54) is 36.2 Å². The average molecular weight is 476 g/mol. The monoisotopic (exact) mass is 476 g/mol. The molecule has 6 nitrogen and oxygen atoms in total. The number of halogens is 4. The highest BCUT2D eigenvalue weighted by molar-refractivity contribution is 7.80. The minimum Gasteiger partial charge on any atom is -0.355 e. The molecular formula is C22H16F4N4O2S. The predicted octanol–water partition coefficient (Wildman–Crippen LogP) is 3.18. The smallest absolute Gasteiger partial charge is 0.355 e. The second-order valence-electron chi connectivity index (χ2n) is 7.89. The fourth-order valence-corrected chi connectivity index (χ4v) is 4.74. The van der Waals surface area contributed by atoms with Crippen molar-refractivity contribution >= 4 is 34.8 Å². The number of nitrogens with zero attached hydrogens (tertiary/aromatic N) is 3. The van der Waals surface area contributed by atoms with Crippen molar-refractivity contribution in [3.63, 3.8) is 0 Å². The summed E-state index contributed by atoms with van der Waals surface area (Å²) in [5.41, 5.74) is -2.20. The molecule has 4 rings (SSSR count). The maximum absolute atomic E-state index is 14.5. The van der Waals surface area contributed by atoms with Gasteiger partial charge in [-0.3, -0.25) is 14.5 Å². The Kier molecular flexibility index (Phi) is 5.16. The first-order valence-corrected chi connectivity index (χ1v) is 10.1. The number of thiocarbonyl (C=S) groups is 1. The molecule has 2 aliphatic rings. The van der Waals surface area contributed by atoms with Gasteiger partial charge in [-0.25, -0.2) is 4.39 Å². The molecule has 2 amide bonds. The molecule has 1 atom stereocenters. The molecule has 1 unspecified atom stereocenters. The van der Waals surface area contributed by atoms with Gasteiger partial charge in [0, 0.05) is 26.9 Å². The number of nitrogens with one attached hydrogen (secondary N) is 1. The lowest BCUT2D eigenvalue weighted by atomic mass is 9.94. The van der Waals surface area contributed by atoms with Crippen LogP contribution in [0, 0.1) is 17.1 Å². The highest BCUT2D eigenvalue weighted by atomic mass is 32.1. The quantitative estimate of drug-likeness (QED) is 0.532. The van der Waals surface area contributed by atoms with Crippen LogP contribution in [0.2, 0.25) is 0 Å². The molecule has 170 valence electrons. The van der Waals surface area contributed by atoms with E-state index < -0.39 is 40.5 Å². The van der Waals surface area contributed by atoms with Crippen LogP contribution < -0.4 is 10.2 Å².